The van der Waals surface area contributed by atoms with Crippen LogP contribution in [0.25, 0.3) is 0 Å². The van der Waals surface area contributed by atoms with Gasteiger partial charge in [0.15, 0.2) is 0 Å². The second-order valence-electron chi connectivity index (χ2n) is 4.36. The quantitative estimate of drug-likeness (QED) is 0.444. The van der Waals surface area contributed by atoms with Crippen molar-refractivity contribution in [1.29, 1.82) is 5.26 Å². The van der Waals surface area contributed by atoms with Gasteiger partial charge in [0.2, 0.25) is 0 Å². The highest BCUT2D eigenvalue weighted by atomic mass is 16.6. The standard InChI is InChI=1S/C16H16N4O/c17-11-5-2-6-13-21-20-16(14-8-3-1-4-9-14)15-10-7-12-18-19-15/h1,3-4,7-10,12H,2,5-6,13H2/b20-16-. The van der Waals surface area contributed by atoms with E-state index in [1.54, 1.807) is 6.20 Å². The van der Waals surface area contributed by atoms with Crippen molar-refractivity contribution in [3.63, 3.8) is 0 Å². The first kappa shape index (κ1) is 14.7. The first-order valence-corrected chi connectivity index (χ1v) is 6.82. The van der Waals surface area contributed by atoms with Crippen LogP contribution in [-0.4, -0.2) is 22.5 Å². The Morgan fingerprint density at radius 3 is 2.71 bits per heavy atom. The van der Waals surface area contributed by atoms with Crippen LogP contribution < -0.4 is 0 Å². The fraction of sp³-hybridized carbons (Fsp3) is 0.250. The summed E-state index contributed by atoms with van der Waals surface area (Å²) in [5.41, 5.74) is 2.25. The van der Waals surface area contributed by atoms with E-state index in [0.29, 0.717) is 24.4 Å². The zero-order valence-corrected chi connectivity index (χ0v) is 11.6. The molecule has 21 heavy (non-hydrogen) atoms. The van der Waals surface area contributed by atoms with Crippen LogP contribution in [0.15, 0.2) is 53.8 Å². The maximum atomic E-state index is 8.47. The molecule has 0 aliphatic carbocycles. The van der Waals surface area contributed by atoms with Crippen LogP contribution in [0.2, 0.25) is 0 Å². The molecule has 106 valence electrons. The second kappa shape index (κ2) is 8.43. The number of hydrogen-bond donors (Lipinski definition) is 0. The molecule has 0 radical (unpaired) electrons. The van der Waals surface area contributed by atoms with Gasteiger partial charge in [-0.05, 0) is 25.0 Å². The fourth-order valence-electron chi connectivity index (χ4n) is 1.75. The van der Waals surface area contributed by atoms with Crippen molar-refractivity contribution in [3.05, 3.63) is 59.9 Å². The van der Waals surface area contributed by atoms with E-state index >= 15 is 0 Å². The van der Waals surface area contributed by atoms with Gasteiger partial charge >= 0.3 is 0 Å². The highest BCUT2D eigenvalue weighted by Gasteiger charge is 2.09. The van der Waals surface area contributed by atoms with E-state index in [4.69, 9.17) is 10.1 Å². The van der Waals surface area contributed by atoms with E-state index in [1.165, 1.54) is 0 Å². The SMILES string of the molecule is N#CCCCCO/N=C(/c1ccccc1)c1cccnn1. The largest absolute Gasteiger partial charge is 0.395 e. The topological polar surface area (TPSA) is 71.2 Å². The predicted octanol–water partition coefficient (Wildman–Crippen LogP) is 2.94. The lowest BCUT2D eigenvalue weighted by atomic mass is 10.1. The van der Waals surface area contributed by atoms with Gasteiger partial charge in [-0.3, -0.25) is 0 Å². The molecule has 1 aromatic heterocycles. The molecule has 5 heteroatoms. The Morgan fingerprint density at radius 1 is 1.14 bits per heavy atom. The van der Waals surface area contributed by atoms with Gasteiger partial charge in [-0.15, -0.1) is 5.10 Å². The summed E-state index contributed by atoms with van der Waals surface area (Å²) < 4.78 is 0. The van der Waals surface area contributed by atoms with Crippen molar-refractivity contribution in [2.24, 2.45) is 5.16 Å². The van der Waals surface area contributed by atoms with Gasteiger partial charge in [0.05, 0.1) is 6.07 Å². The minimum absolute atomic E-state index is 0.484. The Hall–Kier alpha value is -2.74. The van der Waals surface area contributed by atoms with E-state index in [9.17, 15) is 0 Å². The van der Waals surface area contributed by atoms with Gasteiger partial charge in [-0.1, -0.05) is 35.5 Å². The molecule has 5 nitrogen and oxygen atoms in total. The molecule has 0 aliphatic heterocycles. The molecular weight excluding hydrogens is 264 g/mol. The molecule has 0 N–H and O–H groups in total. The minimum Gasteiger partial charge on any atom is -0.395 e. The lowest BCUT2D eigenvalue weighted by Crippen LogP contribution is -2.07. The van der Waals surface area contributed by atoms with Crippen LogP contribution in [0.3, 0.4) is 0 Å². The van der Waals surface area contributed by atoms with Crippen LogP contribution in [0.5, 0.6) is 0 Å². The lowest BCUT2D eigenvalue weighted by molar-refractivity contribution is 0.141. The van der Waals surface area contributed by atoms with Gasteiger partial charge in [0, 0.05) is 18.2 Å². The second-order valence-corrected chi connectivity index (χ2v) is 4.36. The van der Waals surface area contributed by atoms with Crippen LogP contribution >= 0.6 is 0 Å². The molecular formula is C16H16N4O. The molecule has 0 saturated heterocycles. The molecule has 1 aromatic carbocycles. The van der Waals surface area contributed by atoms with E-state index in [0.717, 1.165) is 18.4 Å². The fourth-order valence-corrected chi connectivity index (χ4v) is 1.75. The number of nitriles is 1. The highest BCUT2D eigenvalue weighted by Crippen LogP contribution is 2.08. The summed E-state index contributed by atoms with van der Waals surface area (Å²) in [4.78, 5) is 5.36. The molecule has 2 aromatic rings. The molecule has 0 unspecified atom stereocenters. The maximum Gasteiger partial charge on any atom is 0.137 e. The molecule has 0 fully saturated rings. The Labute approximate surface area is 123 Å². The molecule has 0 atom stereocenters. The summed E-state index contributed by atoms with van der Waals surface area (Å²) in [5.74, 6) is 0. The number of hydrogen-bond acceptors (Lipinski definition) is 5. The average Bonchev–Trinajstić information content (AvgIpc) is 2.56. The van der Waals surface area contributed by atoms with Crippen LogP contribution in [-0.2, 0) is 4.84 Å². The maximum absolute atomic E-state index is 8.47. The highest BCUT2D eigenvalue weighted by molar-refractivity contribution is 6.11. The van der Waals surface area contributed by atoms with Gasteiger partial charge < -0.3 is 4.84 Å². The van der Waals surface area contributed by atoms with Crippen LogP contribution in [0.4, 0.5) is 0 Å². The van der Waals surface area contributed by atoms with Gasteiger partial charge in [0.25, 0.3) is 0 Å². The molecule has 0 aliphatic rings. The first-order chi connectivity index (χ1) is 10.4. The number of nitrogens with zero attached hydrogens (tertiary/aromatic N) is 4. The summed E-state index contributed by atoms with van der Waals surface area (Å²) in [6, 6.07) is 15.5. The number of oxime groups is 1. The molecule has 2 rings (SSSR count). The zero-order chi connectivity index (χ0) is 14.8. The smallest absolute Gasteiger partial charge is 0.137 e. The summed E-state index contributed by atoms with van der Waals surface area (Å²) in [5, 5.41) is 20.6. The third kappa shape index (κ3) is 4.69. The third-order valence-corrected chi connectivity index (χ3v) is 2.79. The van der Waals surface area contributed by atoms with E-state index in [-0.39, 0.29) is 0 Å². The van der Waals surface area contributed by atoms with Gasteiger partial charge in [0.1, 0.15) is 18.0 Å². The predicted molar refractivity (Wildman–Crippen MR) is 79.5 cm³/mol. The van der Waals surface area contributed by atoms with E-state index in [2.05, 4.69) is 21.4 Å². The number of rotatable bonds is 7. The molecule has 0 amide bonds. The van der Waals surface area contributed by atoms with Crippen molar-refractivity contribution >= 4 is 5.71 Å². The Morgan fingerprint density at radius 2 is 2.00 bits per heavy atom. The molecule has 1 heterocycles. The lowest BCUT2D eigenvalue weighted by Gasteiger charge is -2.05. The third-order valence-electron chi connectivity index (χ3n) is 2.79. The van der Waals surface area contributed by atoms with Crippen molar-refractivity contribution in [2.75, 3.05) is 6.61 Å². The summed E-state index contributed by atoms with van der Waals surface area (Å²) in [6.45, 7) is 0.484. The summed E-state index contributed by atoms with van der Waals surface area (Å²) in [6.07, 6.45) is 3.79. The molecule has 0 saturated carbocycles. The Bertz CT molecular complexity index is 564. The van der Waals surface area contributed by atoms with Crippen molar-refractivity contribution in [2.45, 2.75) is 19.3 Å². The Kier molecular flexibility index (Phi) is 5.89. The van der Waals surface area contributed by atoms with Crippen LogP contribution in [0, 0.1) is 11.3 Å². The average molecular weight is 280 g/mol. The normalized spacial score (nSPS) is 10.9. The van der Waals surface area contributed by atoms with E-state index in [1.807, 2.05) is 42.5 Å². The number of unbranched alkanes of at least 4 members (excludes halogenated alkanes) is 2. The Balaban J connectivity index is 2.08. The molecule has 0 spiro atoms. The molecule has 0 bridgehead atoms. The monoisotopic (exact) mass is 280 g/mol. The number of aromatic nitrogens is 2. The van der Waals surface area contributed by atoms with Crippen molar-refractivity contribution in [3.8, 4) is 6.07 Å². The summed E-state index contributed by atoms with van der Waals surface area (Å²) >= 11 is 0. The summed E-state index contributed by atoms with van der Waals surface area (Å²) in [7, 11) is 0. The van der Waals surface area contributed by atoms with E-state index < -0.39 is 0 Å². The zero-order valence-electron chi connectivity index (χ0n) is 11.6. The minimum atomic E-state index is 0.484. The van der Waals surface area contributed by atoms with Crippen molar-refractivity contribution < 1.29 is 4.84 Å². The van der Waals surface area contributed by atoms with Crippen molar-refractivity contribution in [1.82, 2.24) is 10.2 Å². The number of benzene rings is 1. The van der Waals surface area contributed by atoms with Gasteiger partial charge in [-0.25, -0.2) is 0 Å². The van der Waals surface area contributed by atoms with Gasteiger partial charge in [-0.2, -0.15) is 10.4 Å². The first-order valence-electron chi connectivity index (χ1n) is 6.82. The van der Waals surface area contributed by atoms with Crippen LogP contribution in [0.1, 0.15) is 30.5 Å².